The first kappa shape index (κ1) is 21.2. The summed E-state index contributed by atoms with van der Waals surface area (Å²) in [5.74, 6) is -0.186. The molecule has 0 radical (unpaired) electrons. The number of pyridine rings is 1. The summed E-state index contributed by atoms with van der Waals surface area (Å²) in [6.45, 7) is 3.13. The average molecular weight is 430 g/mol. The maximum Gasteiger partial charge on any atom is 0.259 e. The molecule has 32 heavy (non-hydrogen) atoms. The molecule has 0 atom stereocenters. The Morgan fingerprint density at radius 1 is 1.09 bits per heavy atom. The zero-order valence-corrected chi connectivity index (χ0v) is 17.7. The van der Waals surface area contributed by atoms with Crippen LogP contribution in [0.2, 0.25) is 0 Å². The Hall–Kier alpha value is -4.00. The third-order valence-corrected chi connectivity index (χ3v) is 4.87. The molecule has 7 heteroatoms. The quantitative estimate of drug-likeness (QED) is 0.410. The van der Waals surface area contributed by atoms with Crippen LogP contribution < -0.4 is 10.1 Å². The van der Waals surface area contributed by atoms with E-state index in [1.165, 1.54) is 12.1 Å². The molecular formula is C25H23FN4O2. The highest BCUT2D eigenvalue weighted by Gasteiger charge is 2.16. The molecule has 4 aromatic rings. The maximum absolute atomic E-state index is 13.2. The van der Waals surface area contributed by atoms with E-state index in [0.717, 1.165) is 29.7 Å². The Morgan fingerprint density at radius 2 is 1.94 bits per heavy atom. The van der Waals surface area contributed by atoms with Crippen LogP contribution in [-0.2, 0) is 13.2 Å². The van der Waals surface area contributed by atoms with E-state index in [1.807, 2.05) is 16.9 Å². The Bertz CT molecular complexity index is 1190. The van der Waals surface area contributed by atoms with Crippen LogP contribution in [0.15, 0.2) is 79.4 Å². The number of carbonyl (C=O) groups excluding carboxylic acids is 1. The monoisotopic (exact) mass is 430 g/mol. The normalized spacial score (nSPS) is 10.7. The second-order valence-corrected chi connectivity index (χ2v) is 7.31. The summed E-state index contributed by atoms with van der Waals surface area (Å²) in [5.41, 5.74) is 3.55. The molecule has 0 unspecified atom stereocenters. The minimum Gasteiger partial charge on any atom is -0.488 e. The lowest BCUT2D eigenvalue weighted by molar-refractivity contribution is 0.102. The van der Waals surface area contributed by atoms with Gasteiger partial charge in [0.05, 0.1) is 23.6 Å². The molecule has 0 fully saturated rings. The van der Waals surface area contributed by atoms with E-state index >= 15 is 0 Å². The molecule has 0 saturated carbocycles. The van der Waals surface area contributed by atoms with E-state index in [-0.39, 0.29) is 18.3 Å². The van der Waals surface area contributed by atoms with E-state index in [2.05, 4.69) is 22.3 Å². The van der Waals surface area contributed by atoms with E-state index in [0.29, 0.717) is 17.0 Å². The largest absolute Gasteiger partial charge is 0.488 e. The number of nitrogens with zero attached hydrogens (tertiary/aromatic N) is 3. The van der Waals surface area contributed by atoms with Crippen LogP contribution in [0.4, 0.5) is 10.1 Å². The van der Waals surface area contributed by atoms with E-state index in [9.17, 15) is 9.18 Å². The summed E-state index contributed by atoms with van der Waals surface area (Å²) in [5, 5.41) is 7.23. The van der Waals surface area contributed by atoms with E-state index in [4.69, 9.17) is 4.74 Å². The van der Waals surface area contributed by atoms with Crippen LogP contribution in [0, 0.1) is 5.82 Å². The van der Waals surface area contributed by atoms with Gasteiger partial charge in [-0.1, -0.05) is 25.1 Å². The molecule has 2 aromatic heterocycles. The van der Waals surface area contributed by atoms with Crippen molar-refractivity contribution in [2.45, 2.75) is 26.5 Å². The standard InChI is InChI=1S/C25H23FN4O2/c1-2-12-30-16-20(14-28-30)19-7-10-24(32-17-18-5-8-21(26)9-6-18)23(13-19)25(31)29-22-4-3-11-27-15-22/h3-11,13-16H,2,12,17H2,1H3,(H,29,31). The van der Waals surface area contributed by atoms with Gasteiger partial charge in [-0.25, -0.2) is 4.39 Å². The zero-order chi connectivity index (χ0) is 22.3. The third kappa shape index (κ3) is 5.18. The van der Waals surface area contributed by atoms with Gasteiger partial charge in [-0.05, 0) is 53.9 Å². The lowest BCUT2D eigenvalue weighted by Crippen LogP contribution is -2.14. The van der Waals surface area contributed by atoms with Gasteiger partial charge in [0.1, 0.15) is 18.2 Å². The van der Waals surface area contributed by atoms with Gasteiger partial charge in [-0.2, -0.15) is 5.10 Å². The van der Waals surface area contributed by atoms with Crippen molar-refractivity contribution in [3.8, 4) is 16.9 Å². The Kier molecular flexibility index (Phi) is 6.55. The number of nitrogens with one attached hydrogen (secondary N) is 1. The highest BCUT2D eigenvalue weighted by molar-refractivity contribution is 6.06. The number of amides is 1. The van der Waals surface area contributed by atoms with Crippen LogP contribution in [0.25, 0.3) is 11.1 Å². The summed E-state index contributed by atoms with van der Waals surface area (Å²) in [6.07, 6.45) is 7.95. The van der Waals surface area contributed by atoms with Crippen LogP contribution in [-0.4, -0.2) is 20.7 Å². The van der Waals surface area contributed by atoms with E-state index < -0.39 is 0 Å². The lowest BCUT2D eigenvalue weighted by atomic mass is 10.0. The lowest BCUT2D eigenvalue weighted by Gasteiger charge is -2.13. The number of benzene rings is 2. The number of anilines is 1. The van der Waals surface area contributed by atoms with Crippen molar-refractivity contribution in [1.82, 2.24) is 14.8 Å². The van der Waals surface area contributed by atoms with Gasteiger partial charge in [0.2, 0.25) is 0 Å². The van der Waals surface area contributed by atoms with Crippen molar-refractivity contribution in [3.05, 3.63) is 96.3 Å². The summed E-state index contributed by atoms with van der Waals surface area (Å²) < 4.78 is 21.0. The Morgan fingerprint density at radius 3 is 2.69 bits per heavy atom. The minimum absolute atomic E-state index is 0.210. The fourth-order valence-corrected chi connectivity index (χ4v) is 3.25. The summed E-state index contributed by atoms with van der Waals surface area (Å²) in [4.78, 5) is 17.1. The Labute approximate surface area is 185 Å². The number of rotatable bonds is 8. The molecular weight excluding hydrogens is 407 g/mol. The van der Waals surface area contributed by atoms with Crippen LogP contribution >= 0.6 is 0 Å². The summed E-state index contributed by atoms with van der Waals surface area (Å²) >= 11 is 0. The van der Waals surface area contributed by atoms with Crippen molar-refractivity contribution >= 4 is 11.6 Å². The second kappa shape index (κ2) is 9.87. The Balaban J connectivity index is 1.62. The highest BCUT2D eigenvalue weighted by Crippen LogP contribution is 2.28. The fraction of sp³-hybridized carbons (Fsp3) is 0.160. The number of aryl methyl sites for hydroxylation is 1. The first-order valence-corrected chi connectivity index (χ1v) is 10.4. The van der Waals surface area contributed by atoms with E-state index in [1.54, 1.807) is 55.0 Å². The first-order valence-electron chi connectivity index (χ1n) is 10.4. The van der Waals surface area contributed by atoms with Crippen LogP contribution in [0.1, 0.15) is 29.3 Å². The summed E-state index contributed by atoms with van der Waals surface area (Å²) in [6, 6.07) is 15.0. The van der Waals surface area contributed by atoms with Crippen LogP contribution in [0.3, 0.4) is 0 Å². The molecule has 0 aliphatic rings. The predicted molar refractivity (Wildman–Crippen MR) is 121 cm³/mol. The van der Waals surface area contributed by atoms with Gasteiger partial charge in [-0.15, -0.1) is 0 Å². The van der Waals surface area contributed by atoms with Gasteiger partial charge in [0, 0.05) is 24.5 Å². The molecule has 0 bridgehead atoms. The molecule has 0 aliphatic heterocycles. The van der Waals surface area contributed by atoms with Gasteiger partial charge < -0.3 is 10.1 Å². The van der Waals surface area contributed by atoms with Crippen molar-refractivity contribution in [2.24, 2.45) is 0 Å². The number of carbonyl (C=O) groups is 1. The molecule has 0 aliphatic carbocycles. The molecule has 0 saturated heterocycles. The topological polar surface area (TPSA) is 69.0 Å². The molecule has 0 spiro atoms. The van der Waals surface area contributed by atoms with Crippen molar-refractivity contribution < 1.29 is 13.9 Å². The highest BCUT2D eigenvalue weighted by atomic mass is 19.1. The summed E-state index contributed by atoms with van der Waals surface area (Å²) in [7, 11) is 0. The number of aromatic nitrogens is 3. The second-order valence-electron chi connectivity index (χ2n) is 7.31. The molecule has 1 amide bonds. The van der Waals surface area contributed by atoms with Crippen LogP contribution in [0.5, 0.6) is 5.75 Å². The molecule has 6 nitrogen and oxygen atoms in total. The fourth-order valence-electron chi connectivity index (χ4n) is 3.25. The minimum atomic E-state index is -0.310. The molecule has 162 valence electrons. The third-order valence-electron chi connectivity index (χ3n) is 4.87. The molecule has 1 N–H and O–H groups in total. The maximum atomic E-state index is 13.2. The number of ether oxygens (including phenoxy) is 1. The number of hydrogen-bond acceptors (Lipinski definition) is 4. The van der Waals surface area contributed by atoms with Gasteiger partial charge in [0.25, 0.3) is 5.91 Å². The van der Waals surface area contributed by atoms with Gasteiger partial charge >= 0.3 is 0 Å². The first-order chi connectivity index (χ1) is 15.6. The van der Waals surface area contributed by atoms with Crippen molar-refractivity contribution in [3.63, 3.8) is 0 Å². The van der Waals surface area contributed by atoms with Gasteiger partial charge in [0.15, 0.2) is 0 Å². The SMILES string of the molecule is CCCn1cc(-c2ccc(OCc3ccc(F)cc3)c(C(=O)Nc3cccnc3)c2)cn1. The predicted octanol–water partition coefficient (Wildman–Crippen LogP) is 5.33. The molecule has 2 aromatic carbocycles. The number of halogens is 1. The molecule has 4 rings (SSSR count). The number of hydrogen-bond donors (Lipinski definition) is 1. The van der Waals surface area contributed by atoms with Crippen molar-refractivity contribution in [2.75, 3.05) is 5.32 Å². The van der Waals surface area contributed by atoms with Gasteiger partial charge in [-0.3, -0.25) is 14.5 Å². The average Bonchev–Trinajstić information content (AvgIpc) is 3.28. The molecule has 2 heterocycles. The smallest absolute Gasteiger partial charge is 0.259 e. The van der Waals surface area contributed by atoms with Crippen molar-refractivity contribution in [1.29, 1.82) is 0 Å². The zero-order valence-electron chi connectivity index (χ0n) is 17.7.